The Labute approximate surface area is 152 Å². The molecule has 0 saturated heterocycles. The Morgan fingerprint density at radius 2 is 1.88 bits per heavy atom. The number of carbonyl (C=O) groups is 1. The Morgan fingerprint density at radius 3 is 2.60 bits per heavy atom. The molecule has 134 valence electrons. The summed E-state index contributed by atoms with van der Waals surface area (Å²) in [4.78, 5) is 11.9. The van der Waals surface area contributed by atoms with Gasteiger partial charge in [-0.05, 0) is 30.2 Å². The van der Waals surface area contributed by atoms with E-state index in [1.165, 1.54) is 5.56 Å². The maximum absolute atomic E-state index is 11.9. The standard InChI is InChI=1S/C19H22ClNO4/c1-23-11-12-25-18-8-7-16(13-17(18)20)21-19(22)14-24-10-9-15-5-3-2-4-6-15/h2-8,13H,9-12,14H2,1H3,(H,21,22). The van der Waals surface area contributed by atoms with Crippen molar-refractivity contribution in [1.82, 2.24) is 0 Å². The van der Waals surface area contributed by atoms with Crippen LogP contribution in [0.15, 0.2) is 48.5 Å². The highest BCUT2D eigenvalue weighted by atomic mass is 35.5. The summed E-state index contributed by atoms with van der Waals surface area (Å²) < 4.78 is 15.8. The van der Waals surface area contributed by atoms with E-state index in [9.17, 15) is 4.79 Å². The molecule has 0 unspecified atom stereocenters. The van der Waals surface area contributed by atoms with E-state index in [1.54, 1.807) is 25.3 Å². The molecule has 2 rings (SSSR count). The molecule has 25 heavy (non-hydrogen) atoms. The molecule has 2 aromatic carbocycles. The second-order valence-corrected chi connectivity index (χ2v) is 5.73. The molecule has 0 radical (unpaired) electrons. The zero-order valence-electron chi connectivity index (χ0n) is 14.2. The summed E-state index contributed by atoms with van der Waals surface area (Å²) in [7, 11) is 1.60. The fraction of sp³-hybridized carbons (Fsp3) is 0.316. The van der Waals surface area contributed by atoms with Crippen LogP contribution in [0.25, 0.3) is 0 Å². The molecule has 0 bridgehead atoms. The highest BCUT2D eigenvalue weighted by Gasteiger charge is 2.07. The Morgan fingerprint density at radius 1 is 1.08 bits per heavy atom. The van der Waals surface area contributed by atoms with Gasteiger partial charge in [0.15, 0.2) is 0 Å². The van der Waals surface area contributed by atoms with E-state index in [0.717, 1.165) is 6.42 Å². The van der Waals surface area contributed by atoms with Crippen LogP contribution < -0.4 is 10.1 Å². The van der Waals surface area contributed by atoms with E-state index in [0.29, 0.717) is 36.3 Å². The second kappa shape index (κ2) is 10.7. The lowest BCUT2D eigenvalue weighted by Gasteiger charge is -2.10. The van der Waals surface area contributed by atoms with Crippen LogP contribution in [0, 0.1) is 0 Å². The predicted molar refractivity (Wildman–Crippen MR) is 98.4 cm³/mol. The van der Waals surface area contributed by atoms with Crippen LogP contribution in [0.4, 0.5) is 5.69 Å². The minimum Gasteiger partial charge on any atom is -0.490 e. The molecule has 1 amide bonds. The van der Waals surface area contributed by atoms with Crippen molar-refractivity contribution in [2.45, 2.75) is 6.42 Å². The van der Waals surface area contributed by atoms with Crippen LogP contribution in [-0.4, -0.2) is 39.4 Å². The van der Waals surface area contributed by atoms with Gasteiger partial charge in [0, 0.05) is 12.8 Å². The smallest absolute Gasteiger partial charge is 0.250 e. The molecule has 0 spiro atoms. The van der Waals surface area contributed by atoms with Crippen molar-refractivity contribution in [3.63, 3.8) is 0 Å². The molecule has 0 fully saturated rings. The molecule has 0 aliphatic rings. The molecular weight excluding hydrogens is 342 g/mol. The van der Waals surface area contributed by atoms with E-state index in [4.69, 9.17) is 25.8 Å². The fourth-order valence-corrected chi connectivity index (χ4v) is 2.36. The number of methoxy groups -OCH3 is 1. The van der Waals surface area contributed by atoms with Crippen LogP contribution in [0.2, 0.25) is 5.02 Å². The van der Waals surface area contributed by atoms with Gasteiger partial charge < -0.3 is 19.5 Å². The summed E-state index contributed by atoms with van der Waals surface area (Å²) in [5, 5.41) is 3.18. The van der Waals surface area contributed by atoms with E-state index in [2.05, 4.69) is 5.32 Å². The van der Waals surface area contributed by atoms with E-state index in [-0.39, 0.29) is 12.5 Å². The minimum absolute atomic E-state index is 0.00343. The van der Waals surface area contributed by atoms with Gasteiger partial charge in [0.1, 0.15) is 19.0 Å². The molecule has 0 saturated carbocycles. The maximum Gasteiger partial charge on any atom is 0.250 e. The van der Waals surface area contributed by atoms with Gasteiger partial charge >= 0.3 is 0 Å². The van der Waals surface area contributed by atoms with Crippen molar-refractivity contribution >= 4 is 23.2 Å². The number of carbonyl (C=O) groups excluding carboxylic acids is 1. The summed E-state index contributed by atoms with van der Waals surface area (Å²) in [5.41, 5.74) is 1.78. The monoisotopic (exact) mass is 363 g/mol. The summed E-state index contributed by atoms with van der Waals surface area (Å²) in [6, 6.07) is 15.1. The molecule has 6 heteroatoms. The number of anilines is 1. The van der Waals surface area contributed by atoms with Gasteiger partial charge in [-0.1, -0.05) is 41.9 Å². The number of nitrogens with one attached hydrogen (secondary N) is 1. The highest BCUT2D eigenvalue weighted by molar-refractivity contribution is 6.32. The average Bonchev–Trinajstić information content (AvgIpc) is 2.62. The molecule has 2 aromatic rings. The van der Waals surface area contributed by atoms with Gasteiger partial charge in [0.2, 0.25) is 5.91 Å². The normalized spacial score (nSPS) is 10.5. The van der Waals surface area contributed by atoms with E-state index in [1.807, 2.05) is 30.3 Å². The Balaban J connectivity index is 1.71. The van der Waals surface area contributed by atoms with E-state index < -0.39 is 0 Å². The first kappa shape index (κ1) is 19.2. The van der Waals surface area contributed by atoms with Crippen molar-refractivity contribution in [1.29, 1.82) is 0 Å². The number of hydrogen-bond donors (Lipinski definition) is 1. The molecule has 0 atom stereocenters. The minimum atomic E-state index is -0.225. The van der Waals surface area contributed by atoms with Crippen LogP contribution in [0.1, 0.15) is 5.56 Å². The molecule has 0 aliphatic heterocycles. The van der Waals surface area contributed by atoms with Crippen LogP contribution >= 0.6 is 11.6 Å². The van der Waals surface area contributed by atoms with Crippen molar-refractivity contribution in [2.75, 3.05) is 38.9 Å². The van der Waals surface area contributed by atoms with Crippen molar-refractivity contribution in [2.24, 2.45) is 0 Å². The lowest BCUT2D eigenvalue weighted by atomic mass is 10.2. The predicted octanol–water partition coefficient (Wildman–Crippen LogP) is 3.56. The SMILES string of the molecule is COCCOc1ccc(NC(=O)COCCc2ccccc2)cc1Cl. The Kier molecular flexibility index (Phi) is 8.25. The maximum atomic E-state index is 11.9. The molecular formula is C19H22ClNO4. The summed E-state index contributed by atoms with van der Waals surface area (Å²) in [5.74, 6) is 0.327. The topological polar surface area (TPSA) is 56.8 Å². The first-order valence-electron chi connectivity index (χ1n) is 8.02. The number of rotatable bonds is 10. The average molecular weight is 364 g/mol. The van der Waals surface area contributed by atoms with Crippen molar-refractivity contribution in [3.8, 4) is 5.75 Å². The number of ether oxygens (including phenoxy) is 3. The second-order valence-electron chi connectivity index (χ2n) is 5.32. The number of amides is 1. The van der Waals surface area contributed by atoms with E-state index >= 15 is 0 Å². The first-order chi connectivity index (χ1) is 12.2. The van der Waals surface area contributed by atoms with Crippen LogP contribution in [0.5, 0.6) is 5.75 Å². The van der Waals surface area contributed by atoms with Crippen molar-refractivity contribution < 1.29 is 19.0 Å². The van der Waals surface area contributed by atoms with Gasteiger partial charge in [-0.3, -0.25) is 4.79 Å². The summed E-state index contributed by atoms with van der Waals surface area (Å²) in [6.07, 6.45) is 0.771. The lowest BCUT2D eigenvalue weighted by Crippen LogP contribution is -2.19. The zero-order valence-corrected chi connectivity index (χ0v) is 14.9. The largest absolute Gasteiger partial charge is 0.490 e. The van der Waals surface area contributed by atoms with Crippen LogP contribution in [0.3, 0.4) is 0 Å². The molecule has 0 heterocycles. The van der Waals surface area contributed by atoms with Gasteiger partial charge in [0.05, 0.1) is 18.2 Å². The van der Waals surface area contributed by atoms with Gasteiger partial charge in [-0.2, -0.15) is 0 Å². The third kappa shape index (κ3) is 7.13. The third-order valence-corrected chi connectivity index (χ3v) is 3.67. The van der Waals surface area contributed by atoms with Gasteiger partial charge in [-0.15, -0.1) is 0 Å². The first-order valence-corrected chi connectivity index (χ1v) is 8.39. The lowest BCUT2D eigenvalue weighted by molar-refractivity contribution is -0.120. The molecule has 0 aliphatic carbocycles. The molecule has 0 aromatic heterocycles. The zero-order chi connectivity index (χ0) is 17.9. The number of hydrogen-bond acceptors (Lipinski definition) is 4. The Bertz CT molecular complexity index is 664. The molecule has 1 N–H and O–H groups in total. The third-order valence-electron chi connectivity index (χ3n) is 3.37. The summed E-state index contributed by atoms with van der Waals surface area (Å²) in [6.45, 7) is 1.38. The number of halogens is 1. The number of benzene rings is 2. The van der Waals surface area contributed by atoms with Crippen LogP contribution in [-0.2, 0) is 20.7 Å². The Hall–Kier alpha value is -2.08. The van der Waals surface area contributed by atoms with Gasteiger partial charge in [-0.25, -0.2) is 0 Å². The highest BCUT2D eigenvalue weighted by Crippen LogP contribution is 2.27. The quantitative estimate of drug-likeness (QED) is 0.656. The fourth-order valence-electron chi connectivity index (χ4n) is 2.13. The van der Waals surface area contributed by atoms with Gasteiger partial charge in [0.25, 0.3) is 0 Å². The summed E-state index contributed by atoms with van der Waals surface area (Å²) >= 11 is 6.14. The van der Waals surface area contributed by atoms with Crippen molar-refractivity contribution in [3.05, 3.63) is 59.1 Å². The molecule has 5 nitrogen and oxygen atoms in total.